The van der Waals surface area contributed by atoms with E-state index < -0.39 is 6.10 Å². The van der Waals surface area contributed by atoms with Crippen molar-refractivity contribution in [3.05, 3.63) is 35.4 Å². The van der Waals surface area contributed by atoms with Gasteiger partial charge in [0.05, 0.1) is 11.7 Å². The lowest BCUT2D eigenvalue weighted by molar-refractivity contribution is -0.111. The number of ether oxygens (including phenoxy) is 1. The van der Waals surface area contributed by atoms with Gasteiger partial charge in [-0.15, -0.1) is 0 Å². The largest absolute Gasteiger partial charge is 0.458 e. The average Bonchev–Trinajstić information content (AvgIpc) is 2.66. The van der Waals surface area contributed by atoms with Gasteiger partial charge >= 0.3 is 5.97 Å². The molecule has 7 atom stereocenters. The Morgan fingerprint density at radius 1 is 1.23 bits per heavy atom. The Hall–Kier alpha value is -1.39. The summed E-state index contributed by atoms with van der Waals surface area (Å²) in [7, 11) is 0. The second-order valence-corrected chi connectivity index (χ2v) is 8.69. The number of aliphatic hydroxyl groups is 1. The zero-order valence-electron chi connectivity index (χ0n) is 15.6. The Kier molecular flexibility index (Phi) is 5.07. The predicted molar refractivity (Wildman–Crippen MR) is 101 cm³/mol. The highest BCUT2D eigenvalue weighted by atomic mass is 16.5. The topological polar surface area (TPSA) is 72.5 Å². The Labute approximate surface area is 156 Å². The molecular weight excluding hydrogens is 326 g/mol. The van der Waals surface area contributed by atoms with E-state index in [4.69, 9.17) is 10.5 Å². The van der Waals surface area contributed by atoms with Gasteiger partial charge in [0.1, 0.15) is 6.10 Å². The SMILES string of the molecule is CCCCC(O)c1ccccc1C(=O)OC1C2CC3CC(C2)C(N)C1C3. The summed E-state index contributed by atoms with van der Waals surface area (Å²) in [6.07, 6.45) is 6.62. The quantitative estimate of drug-likeness (QED) is 0.759. The first-order chi connectivity index (χ1) is 12.6. The molecule has 4 aliphatic carbocycles. The third kappa shape index (κ3) is 3.18. The van der Waals surface area contributed by atoms with E-state index in [9.17, 15) is 9.90 Å². The van der Waals surface area contributed by atoms with Gasteiger partial charge in [-0.25, -0.2) is 4.79 Å². The van der Waals surface area contributed by atoms with Crippen molar-refractivity contribution in [3.63, 3.8) is 0 Å². The number of aliphatic hydroxyl groups excluding tert-OH is 1. The third-order valence-electron chi connectivity index (χ3n) is 7.02. The van der Waals surface area contributed by atoms with Crippen molar-refractivity contribution in [2.24, 2.45) is 29.4 Å². The van der Waals surface area contributed by atoms with Crippen molar-refractivity contribution in [2.75, 3.05) is 0 Å². The maximum Gasteiger partial charge on any atom is 0.338 e. The summed E-state index contributed by atoms with van der Waals surface area (Å²) in [5, 5.41) is 10.5. The summed E-state index contributed by atoms with van der Waals surface area (Å²) in [6, 6.07) is 7.52. The molecule has 4 fully saturated rings. The Balaban J connectivity index is 1.50. The number of carbonyl (C=O) groups excluding carboxylic acids is 1. The lowest BCUT2D eigenvalue weighted by atomic mass is 9.53. The van der Waals surface area contributed by atoms with E-state index in [2.05, 4.69) is 6.92 Å². The number of unbranched alkanes of at least 4 members (excludes halogenated alkanes) is 1. The van der Waals surface area contributed by atoms with Crippen molar-refractivity contribution in [3.8, 4) is 0 Å². The van der Waals surface area contributed by atoms with Crippen LogP contribution in [0.2, 0.25) is 0 Å². The minimum atomic E-state index is -0.612. The molecular formula is C22H31NO3. The fourth-order valence-electron chi connectivity index (χ4n) is 5.80. The zero-order chi connectivity index (χ0) is 18.3. The van der Waals surface area contributed by atoms with E-state index >= 15 is 0 Å². The van der Waals surface area contributed by atoms with Crippen LogP contribution in [0.4, 0.5) is 0 Å². The molecule has 0 saturated heterocycles. The van der Waals surface area contributed by atoms with E-state index in [1.54, 1.807) is 6.07 Å². The van der Waals surface area contributed by atoms with Crippen LogP contribution in [0.1, 0.15) is 73.9 Å². The molecule has 4 nitrogen and oxygen atoms in total. The highest BCUT2D eigenvalue weighted by Crippen LogP contribution is 2.54. The van der Waals surface area contributed by atoms with E-state index in [1.807, 2.05) is 18.2 Å². The molecule has 4 aliphatic rings. The van der Waals surface area contributed by atoms with Gasteiger partial charge in [0.2, 0.25) is 0 Å². The number of esters is 1. The van der Waals surface area contributed by atoms with Gasteiger partial charge in [0.15, 0.2) is 0 Å². The van der Waals surface area contributed by atoms with Crippen molar-refractivity contribution < 1.29 is 14.6 Å². The Morgan fingerprint density at radius 2 is 2.00 bits per heavy atom. The van der Waals surface area contributed by atoms with Crippen LogP contribution in [0.3, 0.4) is 0 Å². The Bertz CT molecular complexity index is 661. The lowest BCUT2D eigenvalue weighted by Crippen LogP contribution is -2.60. The second-order valence-electron chi connectivity index (χ2n) is 8.69. The number of hydrogen-bond acceptors (Lipinski definition) is 4. The number of benzene rings is 1. The van der Waals surface area contributed by atoms with Crippen LogP contribution < -0.4 is 5.73 Å². The summed E-state index contributed by atoms with van der Waals surface area (Å²) in [5.74, 6) is 1.89. The molecule has 0 radical (unpaired) electrons. The minimum Gasteiger partial charge on any atom is -0.458 e. The summed E-state index contributed by atoms with van der Waals surface area (Å²) < 4.78 is 6.05. The van der Waals surface area contributed by atoms with Crippen molar-refractivity contribution >= 4 is 5.97 Å². The van der Waals surface area contributed by atoms with Crippen LogP contribution in [0, 0.1) is 23.7 Å². The van der Waals surface area contributed by atoms with Gasteiger partial charge in [-0.05, 0) is 61.5 Å². The molecule has 142 valence electrons. The molecule has 7 unspecified atom stereocenters. The van der Waals surface area contributed by atoms with E-state index in [1.165, 1.54) is 12.8 Å². The molecule has 4 heteroatoms. The van der Waals surface area contributed by atoms with Crippen LogP contribution in [0.5, 0.6) is 0 Å². The maximum atomic E-state index is 13.0. The molecule has 0 spiro atoms. The van der Waals surface area contributed by atoms with Gasteiger partial charge in [-0.1, -0.05) is 38.0 Å². The first-order valence-electron chi connectivity index (χ1n) is 10.3. The first-order valence-corrected chi connectivity index (χ1v) is 10.3. The summed E-state index contributed by atoms with van der Waals surface area (Å²) in [6.45, 7) is 2.10. The summed E-state index contributed by atoms with van der Waals surface area (Å²) >= 11 is 0. The van der Waals surface area contributed by atoms with Crippen LogP contribution in [-0.4, -0.2) is 23.2 Å². The lowest BCUT2D eigenvalue weighted by Gasteiger charge is -2.56. The summed E-state index contributed by atoms with van der Waals surface area (Å²) in [5.41, 5.74) is 7.68. The summed E-state index contributed by atoms with van der Waals surface area (Å²) in [4.78, 5) is 13.0. The average molecular weight is 357 g/mol. The standard InChI is InChI=1S/C22H31NO3/c1-2-3-8-19(24)16-6-4-5-7-17(16)22(25)26-21-15-10-13-9-14(12-15)20(23)18(21)11-13/h4-7,13-15,18-21,24H,2-3,8-12,23H2,1H3. The number of hydrogen-bond donors (Lipinski definition) is 2. The Morgan fingerprint density at radius 3 is 2.81 bits per heavy atom. The van der Waals surface area contributed by atoms with Crippen LogP contribution in [0.15, 0.2) is 24.3 Å². The molecule has 4 saturated carbocycles. The fourth-order valence-corrected chi connectivity index (χ4v) is 5.80. The predicted octanol–water partition coefficient (Wildman–Crippen LogP) is 3.83. The van der Waals surface area contributed by atoms with Crippen LogP contribution in [-0.2, 0) is 4.74 Å². The molecule has 0 heterocycles. The molecule has 3 N–H and O–H groups in total. The van der Waals surface area contributed by atoms with Gasteiger partial charge < -0.3 is 15.6 Å². The molecule has 0 aromatic heterocycles. The number of carbonyl (C=O) groups is 1. The second kappa shape index (κ2) is 7.32. The molecule has 1 aromatic carbocycles. The molecule has 26 heavy (non-hydrogen) atoms. The van der Waals surface area contributed by atoms with Gasteiger partial charge in [0.25, 0.3) is 0 Å². The minimum absolute atomic E-state index is 0.0499. The highest BCUT2D eigenvalue weighted by Gasteiger charge is 2.54. The van der Waals surface area contributed by atoms with Crippen LogP contribution >= 0.6 is 0 Å². The molecule has 0 amide bonds. The van der Waals surface area contributed by atoms with Crippen molar-refractivity contribution in [1.29, 1.82) is 0 Å². The van der Waals surface area contributed by atoms with E-state index in [0.29, 0.717) is 35.3 Å². The monoisotopic (exact) mass is 357 g/mol. The first kappa shape index (κ1) is 18.0. The number of rotatable bonds is 6. The molecule has 5 rings (SSSR count). The van der Waals surface area contributed by atoms with Gasteiger partial charge in [-0.2, -0.15) is 0 Å². The number of nitrogens with two attached hydrogens (primary N) is 1. The van der Waals surface area contributed by atoms with Crippen LogP contribution in [0.25, 0.3) is 0 Å². The fraction of sp³-hybridized carbons (Fsp3) is 0.682. The van der Waals surface area contributed by atoms with E-state index in [-0.39, 0.29) is 18.1 Å². The zero-order valence-corrected chi connectivity index (χ0v) is 15.6. The molecule has 0 aliphatic heterocycles. The van der Waals surface area contributed by atoms with Crippen molar-refractivity contribution in [2.45, 2.75) is 70.1 Å². The molecule has 1 aromatic rings. The highest BCUT2D eigenvalue weighted by molar-refractivity contribution is 5.91. The molecule has 4 bridgehead atoms. The normalized spacial score (nSPS) is 36.1. The van der Waals surface area contributed by atoms with E-state index in [0.717, 1.165) is 31.6 Å². The van der Waals surface area contributed by atoms with Gasteiger partial charge in [0, 0.05) is 12.0 Å². The maximum absolute atomic E-state index is 13.0. The third-order valence-corrected chi connectivity index (χ3v) is 7.02. The van der Waals surface area contributed by atoms with Crippen molar-refractivity contribution in [1.82, 2.24) is 0 Å². The van der Waals surface area contributed by atoms with Gasteiger partial charge in [-0.3, -0.25) is 0 Å². The smallest absolute Gasteiger partial charge is 0.338 e.